The number of anilines is 1. The second kappa shape index (κ2) is 10.6. The van der Waals surface area contributed by atoms with Gasteiger partial charge < -0.3 is 20.3 Å². The van der Waals surface area contributed by atoms with Gasteiger partial charge in [-0.1, -0.05) is 48.3 Å². The first kappa shape index (κ1) is 24.9. The molecule has 0 bridgehead atoms. The number of thiocarbonyl (C=S) groups is 1. The molecule has 0 spiro atoms. The monoisotopic (exact) mass is 518 g/mol. The van der Waals surface area contributed by atoms with Crippen molar-refractivity contribution >= 4 is 57.8 Å². The van der Waals surface area contributed by atoms with Crippen LogP contribution in [0.25, 0.3) is 0 Å². The first-order valence-corrected chi connectivity index (χ1v) is 12.4. The molecule has 1 saturated carbocycles. The SMILES string of the molecule is COC1CCC(C)CC1NC(=S)NC1N=C(c2ccccc2Cl)c2cc(Cl)ccc2N(C)C1=O. The van der Waals surface area contributed by atoms with E-state index in [1.54, 1.807) is 37.3 Å². The number of hydrogen-bond acceptors (Lipinski definition) is 4. The van der Waals surface area contributed by atoms with Crippen LogP contribution in [0.1, 0.15) is 37.3 Å². The van der Waals surface area contributed by atoms with Crippen LogP contribution >= 0.6 is 35.4 Å². The molecular formula is C25H28Cl2N4O2S. The summed E-state index contributed by atoms with van der Waals surface area (Å²) < 4.78 is 5.66. The van der Waals surface area contributed by atoms with Gasteiger partial charge in [0.1, 0.15) is 0 Å². The van der Waals surface area contributed by atoms with Gasteiger partial charge in [-0.25, -0.2) is 4.99 Å². The third-order valence-corrected chi connectivity index (χ3v) is 7.26. The minimum absolute atomic E-state index is 0.0652. The van der Waals surface area contributed by atoms with Crippen LogP contribution in [0.5, 0.6) is 0 Å². The van der Waals surface area contributed by atoms with E-state index in [1.165, 1.54) is 0 Å². The van der Waals surface area contributed by atoms with E-state index in [2.05, 4.69) is 17.6 Å². The quantitative estimate of drug-likeness (QED) is 0.569. The van der Waals surface area contributed by atoms with Crippen molar-refractivity contribution in [1.82, 2.24) is 10.6 Å². The van der Waals surface area contributed by atoms with Crippen molar-refractivity contribution in [2.45, 2.75) is 44.5 Å². The van der Waals surface area contributed by atoms with E-state index < -0.39 is 6.17 Å². The van der Waals surface area contributed by atoms with Gasteiger partial charge in [-0.15, -0.1) is 0 Å². The zero-order chi connectivity index (χ0) is 24.4. The van der Waals surface area contributed by atoms with E-state index in [-0.39, 0.29) is 18.1 Å². The lowest BCUT2D eigenvalue weighted by atomic mass is 9.85. The van der Waals surface area contributed by atoms with Gasteiger partial charge >= 0.3 is 0 Å². The number of carbonyl (C=O) groups is 1. The maximum absolute atomic E-state index is 13.4. The van der Waals surface area contributed by atoms with Crippen LogP contribution in [0.3, 0.4) is 0 Å². The Balaban J connectivity index is 1.68. The van der Waals surface area contributed by atoms with E-state index in [0.29, 0.717) is 38.0 Å². The second-order valence-corrected chi connectivity index (χ2v) is 10.1. The number of benzodiazepines with no additional fused rings is 1. The summed E-state index contributed by atoms with van der Waals surface area (Å²) in [6.45, 7) is 2.23. The summed E-state index contributed by atoms with van der Waals surface area (Å²) in [5.41, 5.74) is 2.70. The number of methoxy groups -OCH3 is 1. The lowest BCUT2D eigenvalue weighted by Gasteiger charge is -2.35. The number of halogens is 2. The summed E-state index contributed by atoms with van der Waals surface area (Å²) in [4.78, 5) is 19.8. The first-order valence-electron chi connectivity index (χ1n) is 11.3. The van der Waals surface area contributed by atoms with Crippen LogP contribution in [0.2, 0.25) is 10.0 Å². The standard InChI is InChI=1S/C25H28Cl2N4O2S/c1-14-8-11-21(33-3)19(12-14)28-25(34)30-23-24(32)31(2)20-10-9-15(26)13-17(20)22(29-23)16-6-4-5-7-18(16)27/h4-7,9-10,13-14,19,21,23H,8,11-12H2,1-3H3,(H2,28,30,34). The van der Waals surface area contributed by atoms with Crippen molar-refractivity contribution in [3.63, 3.8) is 0 Å². The second-order valence-electron chi connectivity index (χ2n) is 8.84. The number of nitrogens with zero attached hydrogens (tertiary/aromatic N) is 2. The molecule has 4 unspecified atom stereocenters. The summed E-state index contributed by atoms with van der Waals surface area (Å²) in [5, 5.41) is 7.91. The number of benzene rings is 2. The molecule has 0 saturated heterocycles. The maximum Gasteiger partial charge on any atom is 0.272 e. The fourth-order valence-electron chi connectivity index (χ4n) is 4.63. The largest absolute Gasteiger partial charge is 0.379 e. The molecule has 4 atom stereocenters. The predicted octanol–water partition coefficient (Wildman–Crippen LogP) is 4.80. The topological polar surface area (TPSA) is 66.0 Å². The van der Waals surface area contributed by atoms with Crippen molar-refractivity contribution in [3.8, 4) is 0 Å². The Hall–Kier alpha value is -2.19. The van der Waals surface area contributed by atoms with Gasteiger partial charge in [0.05, 0.1) is 23.5 Å². The Morgan fingerprint density at radius 2 is 1.91 bits per heavy atom. The molecular weight excluding hydrogens is 491 g/mol. The average molecular weight is 519 g/mol. The van der Waals surface area contributed by atoms with Crippen LogP contribution in [-0.2, 0) is 9.53 Å². The predicted molar refractivity (Wildman–Crippen MR) is 142 cm³/mol. The number of nitrogens with one attached hydrogen (secondary N) is 2. The average Bonchev–Trinajstić information content (AvgIpc) is 2.90. The zero-order valence-electron chi connectivity index (χ0n) is 19.3. The molecule has 0 radical (unpaired) electrons. The molecule has 1 aliphatic carbocycles. The van der Waals surface area contributed by atoms with Gasteiger partial charge in [-0.2, -0.15) is 0 Å². The van der Waals surface area contributed by atoms with Crippen LogP contribution < -0.4 is 15.5 Å². The molecule has 9 heteroatoms. The Labute approximate surface area is 215 Å². The lowest BCUT2D eigenvalue weighted by molar-refractivity contribution is -0.119. The molecule has 0 aromatic heterocycles. The van der Waals surface area contributed by atoms with E-state index in [4.69, 9.17) is 45.1 Å². The molecule has 4 rings (SSSR count). The Morgan fingerprint density at radius 3 is 2.65 bits per heavy atom. The summed E-state index contributed by atoms with van der Waals surface area (Å²) in [5.74, 6) is 0.330. The highest BCUT2D eigenvalue weighted by Gasteiger charge is 2.33. The van der Waals surface area contributed by atoms with Gasteiger partial charge in [0, 0.05) is 35.3 Å². The molecule has 2 N–H and O–H groups in total. The Morgan fingerprint density at radius 1 is 1.15 bits per heavy atom. The molecule has 1 heterocycles. The highest BCUT2D eigenvalue weighted by molar-refractivity contribution is 7.80. The Bertz CT molecular complexity index is 1130. The summed E-state index contributed by atoms with van der Waals surface area (Å²) in [6, 6.07) is 12.8. The van der Waals surface area contributed by atoms with E-state index in [0.717, 1.165) is 24.8 Å². The minimum atomic E-state index is -0.940. The van der Waals surface area contributed by atoms with E-state index in [1.807, 2.05) is 24.3 Å². The number of rotatable bonds is 4. The smallest absolute Gasteiger partial charge is 0.272 e. The van der Waals surface area contributed by atoms with Crippen molar-refractivity contribution < 1.29 is 9.53 Å². The van der Waals surface area contributed by atoms with Gasteiger partial charge in [-0.3, -0.25) is 4.79 Å². The number of ether oxygens (including phenoxy) is 1. The van der Waals surface area contributed by atoms with Crippen molar-refractivity contribution in [2.24, 2.45) is 10.9 Å². The van der Waals surface area contributed by atoms with E-state index >= 15 is 0 Å². The maximum atomic E-state index is 13.4. The highest BCUT2D eigenvalue weighted by Crippen LogP contribution is 2.32. The molecule has 2 aliphatic rings. The third kappa shape index (κ3) is 5.23. The molecule has 1 aliphatic heterocycles. The van der Waals surface area contributed by atoms with Gasteiger partial charge in [0.2, 0.25) is 6.17 Å². The molecule has 2 aromatic carbocycles. The summed E-state index contributed by atoms with van der Waals surface area (Å²) in [6.07, 6.45) is 2.15. The molecule has 2 aromatic rings. The van der Waals surface area contributed by atoms with Crippen molar-refractivity contribution in [2.75, 3.05) is 19.1 Å². The first-order chi connectivity index (χ1) is 16.3. The number of carbonyl (C=O) groups excluding carboxylic acids is 1. The number of aliphatic imine (C=N–C) groups is 1. The number of likely N-dealkylation sites (N-methyl/N-ethyl adjacent to an activating group) is 1. The van der Waals surface area contributed by atoms with Gasteiger partial charge in [0.25, 0.3) is 5.91 Å². The zero-order valence-corrected chi connectivity index (χ0v) is 21.7. The number of fused-ring (bicyclic) bond motifs is 1. The molecule has 1 fully saturated rings. The van der Waals surface area contributed by atoms with Crippen LogP contribution in [0, 0.1) is 5.92 Å². The molecule has 6 nitrogen and oxygen atoms in total. The fourth-order valence-corrected chi connectivity index (χ4v) is 5.29. The number of hydrogen-bond donors (Lipinski definition) is 2. The highest BCUT2D eigenvalue weighted by atomic mass is 35.5. The summed E-state index contributed by atoms with van der Waals surface area (Å²) >= 11 is 18.5. The Kier molecular flexibility index (Phi) is 7.77. The minimum Gasteiger partial charge on any atom is -0.379 e. The molecule has 180 valence electrons. The molecule has 34 heavy (non-hydrogen) atoms. The summed E-state index contributed by atoms with van der Waals surface area (Å²) in [7, 11) is 3.44. The van der Waals surface area contributed by atoms with Crippen LogP contribution in [0.15, 0.2) is 47.5 Å². The van der Waals surface area contributed by atoms with Crippen LogP contribution in [-0.4, -0.2) is 49.2 Å². The molecule has 1 amide bonds. The number of amides is 1. The van der Waals surface area contributed by atoms with Gasteiger partial charge in [-0.05, 0) is 61.7 Å². The van der Waals surface area contributed by atoms with E-state index in [9.17, 15) is 4.79 Å². The van der Waals surface area contributed by atoms with Crippen LogP contribution in [0.4, 0.5) is 5.69 Å². The van der Waals surface area contributed by atoms with Crippen molar-refractivity contribution in [1.29, 1.82) is 0 Å². The van der Waals surface area contributed by atoms with Gasteiger partial charge in [0.15, 0.2) is 5.11 Å². The van der Waals surface area contributed by atoms with Crippen molar-refractivity contribution in [3.05, 3.63) is 63.6 Å². The fraction of sp³-hybridized carbons (Fsp3) is 0.400. The normalized spacial score (nSPS) is 24.7. The third-order valence-electron chi connectivity index (χ3n) is 6.46. The lowest BCUT2D eigenvalue weighted by Crippen LogP contribution is -2.54.